The lowest BCUT2D eigenvalue weighted by Gasteiger charge is -2.73. The van der Waals surface area contributed by atoms with Crippen LogP contribution in [0.25, 0.3) is 0 Å². The minimum atomic E-state index is -0.819. The Bertz CT molecular complexity index is 901. The molecule has 4 aliphatic carbocycles. The Morgan fingerprint density at radius 1 is 0.806 bits per heavy atom. The largest absolute Gasteiger partial charge is 0.481 e. The third kappa shape index (κ3) is 3.49. The predicted octanol–water partition coefficient (Wildman–Crippen LogP) is 6.28. The second-order valence-corrected chi connectivity index (χ2v) is 14.9. The molecule has 0 spiro atoms. The molecule has 5 heteroatoms. The van der Waals surface area contributed by atoms with Crippen molar-refractivity contribution in [3.8, 4) is 0 Å². The van der Waals surface area contributed by atoms with Crippen molar-refractivity contribution in [1.82, 2.24) is 4.90 Å². The number of piperidine rings is 1. The molecule has 5 nitrogen and oxygen atoms in total. The number of aliphatic hydroxyl groups is 1. The highest BCUT2D eigenvalue weighted by Gasteiger charge is 2.69. The number of hydrogen-bond acceptors (Lipinski definition) is 3. The van der Waals surface area contributed by atoms with Crippen LogP contribution in [0.3, 0.4) is 0 Å². The molecule has 5 fully saturated rings. The van der Waals surface area contributed by atoms with Crippen molar-refractivity contribution in [1.29, 1.82) is 0 Å². The van der Waals surface area contributed by atoms with E-state index in [2.05, 4.69) is 39.5 Å². The quantitative estimate of drug-likeness (QED) is 0.465. The summed E-state index contributed by atoms with van der Waals surface area (Å²) in [5.41, 5.74) is 0.878. The van der Waals surface area contributed by atoms with E-state index in [4.69, 9.17) is 5.11 Å². The number of fused-ring (bicyclic) bond motifs is 7. The van der Waals surface area contributed by atoms with Gasteiger partial charge in [-0.3, -0.25) is 9.59 Å². The smallest absolute Gasteiger partial charge is 0.303 e. The number of rotatable bonds is 5. The Morgan fingerprint density at radius 3 is 2.25 bits per heavy atom. The first-order valence-corrected chi connectivity index (χ1v) is 15.0. The van der Waals surface area contributed by atoms with Crippen LogP contribution in [0.1, 0.15) is 118 Å². The number of aliphatic hydroxyl groups excluding tert-OH is 1. The van der Waals surface area contributed by atoms with Gasteiger partial charge in [0, 0.05) is 31.5 Å². The van der Waals surface area contributed by atoms with Crippen LogP contribution in [0.2, 0.25) is 0 Å². The van der Waals surface area contributed by atoms with E-state index in [9.17, 15) is 14.7 Å². The summed E-state index contributed by atoms with van der Waals surface area (Å²) in [5.74, 6) is 1.92. The highest BCUT2D eigenvalue weighted by Crippen LogP contribution is 2.76. The van der Waals surface area contributed by atoms with Gasteiger partial charge < -0.3 is 15.1 Å². The van der Waals surface area contributed by atoms with E-state index >= 15 is 0 Å². The molecule has 1 aliphatic heterocycles. The number of carboxylic acid groups (broad SMARTS) is 1. The van der Waals surface area contributed by atoms with E-state index in [1.807, 2.05) is 0 Å². The van der Waals surface area contributed by atoms with Crippen LogP contribution in [0, 0.1) is 45.3 Å². The molecule has 5 rings (SSSR count). The van der Waals surface area contributed by atoms with Crippen molar-refractivity contribution >= 4 is 11.9 Å². The average molecular weight is 502 g/mol. The average Bonchev–Trinajstić information content (AvgIpc) is 3.23. The molecule has 0 aromatic rings. The van der Waals surface area contributed by atoms with E-state index < -0.39 is 5.97 Å². The molecule has 1 saturated heterocycles. The minimum Gasteiger partial charge on any atom is -0.481 e. The number of aliphatic carboxylic acids is 1. The molecule has 5 aliphatic rings. The van der Waals surface area contributed by atoms with Gasteiger partial charge in [0.15, 0.2) is 0 Å². The van der Waals surface area contributed by atoms with Gasteiger partial charge in [-0.1, -0.05) is 27.2 Å². The first kappa shape index (κ1) is 26.5. The molecule has 0 aromatic carbocycles. The summed E-state index contributed by atoms with van der Waals surface area (Å²) < 4.78 is 0. The van der Waals surface area contributed by atoms with E-state index in [1.165, 1.54) is 57.8 Å². The number of carboxylic acids is 1. The molecule has 2 N–H and O–H groups in total. The first-order chi connectivity index (χ1) is 16.9. The van der Waals surface area contributed by atoms with Crippen LogP contribution >= 0.6 is 0 Å². The zero-order chi connectivity index (χ0) is 26.1. The van der Waals surface area contributed by atoms with Gasteiger partial charge in [0.05, 0.1) is 0 Å². The minimum absolute atomic E-state index is 0.0693. The van der Waals surface area contributed by atoms with Gasteiger partial charge in [-0.2, -0.15) is 0 Å². The summed E-state index contributed by atoms with van der Waals surface area (Å²) in [4.78, 5) is 26.3. The number of likely N-dealkylation sites (tertiary alicyclic amines) is 1. The molecule has 0 bridgehead atoms. The van der Waals surface area contributed by atoms with Gasteiger partial charge in [-0.05, 0) is 123 Å². The van der Waals surface area contributed by atoms with Crippen molar-refractivity contribution in [3.05, 3.63) is 0 Å². The maximum absolute atomic E-state index is 13.2. The van der Waals surface area contributed by atoms with Gasteiger partial charge in [-0.15, -0.1) is 0 Å². The monoisotopic (exact) mass is 501 g/mol. The first-order valence-electron chi connectivity index (χ1n) is 15.0. The van der Waals surface area contributed by atoms with Crippen molar-refractivity contribution in [2.75, 3.05) is 13.2 Å². The lowest BCUT2D eigenvalue weighted by Crippen LogP contribution is -2.70. The van der Waals surface area contributed by atoms with Gasteiger partial charge in [-0.25, -0.2) is 0 Å². The molecule has 8 atom stereocenters. The second-order valence-electron chi connectivity index (χ2n) is 14.9. The maximum atomic E-state index is 13.2. The van der Waals surface area contributed by atoms with Crippen LogP contribution < -0.4 is 0 Å². The van der Waals surface area contributed by atoms with Crippen molar-refractivity contribution in [3.63, 3.8) is 0 Å². The van der Waals surface area contributed by atoms with Crippen molar-refractivity contribution < 1.29 is 19.8 Å². The predicted molar refractivity (Wildman–Crippen MR) is 141 cm³/mol. The highest BCUT2D eigenvalue weighted by molar-refractivity contribution is 5.78. The maximum Gasteiger partial charge on any atom is 0.303 e. The van der Waals surface area contributed by atoms with E-state index in [1.54, 1.807) is 0 Å². The van der Waals surface area contributed by atoms with Crippen LogP contribution in [0.5, 0.6) is 0 Å². The standard InChI is InChI=1S/C31H51NO4/c1-27(2)23-13-15-30(5)24(28(23,3)18-19-32(27)25(34)9-6-10-26(35)36)12-11-21-22-8-7-14-31(22,20-33)17-16-29(21,30)4/h21-24,33H,6-20H2,1-5H3,(H,35,36)/t21?,22?,23?,24?,28?,29-,30?,31?/m1/s1. The van der Waals surface area contributed by atoms with Crippen LogP contribution in [-0.2, 0) is 9.59 Å². The third-order valence-electron chi connectivity index (χ3n) is 13.6. The Kier molecular flexibility index (Phi) is 6.41. The summed E-state index contributed by atoms with van der Waals surface area (Å²) in [6.45, 7) is 13.6. The second kappa shape index (κ2) is 8.71. The molecule has 36 heavy (non-hydrogen) atoms. The van der Waals surface area contributed by atoms with Gasteiger partial charge in [0.25, 0.3) is 0 Å². The van der Waals surface area contributed by atoms with Crippen LogP contribution in [0.4, 0.5) is 0 Å². The summed E-state index contributed by atoms with van der Waals surface area (Å²) in [6.07, 6.45) is 13.2. The summed E-state index contributed by atoms with van der Waals surface area (Å²) in [6, 6.07) is 0. The normalized spacial score (nSPS) is 47.3. The fraction of sp³-hybridized carbons (Fsp3) is 0.935. The Labute approximate surface area is 218 Å². The molecule has 1 heterocycles. The van der Waals surface area contributed by atoms with Gasteiger partial charge >= 0.3 is 5.97 Å². The van der Waals surface area contributed by atoms with Gasteiger partial charge in [0.1, 0.15) is 0 Å². The lowest BCUT2D eigenvalue weighted by atomic mass is 9.33. The third-order valence-corrected chi connectivity index (χ3v) is 13.6. The number of amides is 1. The molecule has 7 unspecified atom stereocenters. The molecule has 204 valence electrons. The summed E-state index contributed by atoms with van der Waals surface area (Å²) >= 11 is 0. The van der Waals surface area contributed by atoms with E-state index in [0.717, 1.165) is 18.9 Å². The number of nitrogens with zero attached hydrogens (tertiary/aromatic N) is 1. The summed E-state index contributed by atoms with van der Waals surface area (Å²) in [5, 5.41) is 19.5. The number of hydrogen-bond donors (Lipinski definition) is 2. The van der Waals surface area contributed by atoms with Crippen LogP contribution in [0.15, 0.2) is 0 Å². The Morgan fingerprint density at radius 2 is 1.56 bits per heavy atom. The SMILES string of the molecule is CC12CCN(C(=O)CCCC(=O)O)C(C)(C)C1CCC1(C)C2CCC2C3CCCC3(CO)CC[C@]21C. The fourth-order valence-corrected chi connectivity index (χ4v) is 11.7. The Hall–Kier alpha value is -1.10. The fourth-order valence-electron chi connectivity index (χ4n) is 11.7. The molecular weight excluding hydrogens is 450 g/mol. The van der Waals surface area contributed by atoms with E-state index in [-0.39, 0.29) is 28.7 Å². The van der Waals surface area contributed by atoms with Crippen LogP contribution in [-0.4, -0.2) is 45.7 Å². The number of carbonyl (C=O) groups is 2. The molecule has 4 saturated carbocycles. The molecular formula is C31H51NO4. The molecule has 0 radical (unpaired) electrons. The lowest BCUT2D eigenvalue weighted by molar-refractivity contribution is -0.241. The van der Waals surface area contributed by atoms with E-state index in [0.29, 0.717) is 48.0 Å². The zero-order valence-corrected chi connectivity index (χ0v) is 23.6. The Balaban J connectivity index is 1.40. The zero-order valence-electron chi connectivity index (χ0n) is 23.6. The topological polar surface area (TPSA) is 77.8 Å². The van der Waals surface area contributed by atoms with Crippen molar-refractivity contribution in [2.45, 2.75) is 124 Å². The highest BCUT2D eigenvalue weighted by atomic mass is 16.4. The van der Waals surface area contributed by atoms with Gasteiger partial charge in [0.2, 0.25) is 5.91 Å². The summed E-state index contributed by atoms with van der Waals surface area (Å²) in [7, 11) is 0. The molecule has 0 aromatic heterocycles. The van der Waals surface area contributed by atoms with Crippen molar-refractivity contribution in [2.24, 2.45) is 45.3 Å². The number of carbonyl (C=O) groups excluding carboxylic acids is 1. The molecule has 1 amide bonds.